The Balaban J connectivity index is 2.89. The molecule has 94 valence electrons. The summed E-state index contributed by atoms with van der Waals surface area (Å²) in [4.78, 5) is 11.3. The first-order valence-electron chi connectivity index (χ1n) is 5.51. The van der Waals surface area contributed by atoms with Crippen molar-refractivity contribution in [1.82, 2.24) is 0 Å². The lowest BCUT2D eigenvalue weighted by molar-refractivity contribution is 0.00809. The van der Waals surface area contributed by atoms with Crippen molar-refractivity contribution in [3.8, 4) is 5.75 Å². The Morgan fingerprint density at radius 1 is 1.53 bits per heavy atom. The highest BCUT2D eigenvalue weighted by Gasteiger charge is 2.20. The van der Waals surface area contributed by atoms with Crippen LogP contribution in [0.1, 0.15) is 37.6 Å². The molecule has 0 aliphatic carbocycles. The van der Waals surface area contributed by atoms with E-state index in [1.807, 2.05) is 6.92 Å². The maximum absolute atomic E-state index is 13.1. The molecule has 1 aromatic carbocycles. The number of carbonyl (C=O) groups excluding carboxylic acids is 1. The molecule has 1 rings (SSSR count). The van der Waals surface area contributed by atoms with Gasteiger partial charge in [0.05, 0.1) is 11.2 Å². The van der Waals surface area contributed by atoms with Crippen LogP contribution in [-0.2, 0) is 0 Å². The van der Waals surface area contributed by atoms with E-state index in [-0.39, 0.29) is 18.1 Å². The molecule has 1 atom stereocenters. The van der Waals surface area contributed by atoms with Crippen LogP contribution in [0.4, 0.5) is 4.39 Å². The van der Waals surface area contributed by atoms with Crippen LogP contribution in [0.5, 0.6) is 5.75 Å². The quantitative estimate of drug-likeness (QED) is 0.804. The number of rotatable bonds is 5. The molecule has 17 heavy (non-hydrogen) atoms. The number of ketones is 1. The molecule has 0 saturated heterocycles. The van der Waals surface area contributed by atoms with Crippen LogP contribution in [-0.4, -0.2) is 23.1 Å². The van der Waals surface area contributed by atoms with E-state index in [0.717, 1.165) is 6.07 Å². The highest BCUT2D eigenvalue weighted by atomic mass is 19.1. The molecule has 1 N–H and O–H groups in total. The van der Waals surface area contributed by atoms with E-state index in [2.05, 4.69) is 0 Å². The smallest absolute Gasteiger partial charge is 0.163 e. The predicted molar refractivity (Wildman–Crippen MR) is 62.8 cm³/mol. The molecule has 0 amide bonds. The predicted octanol–water partition coefficient (Wildman–Crippen LogP) is 2.57. The van der Waals surface area contributed by atoms with E-state index in [1.54, 1.807) is 6.92 Å². The second-order valence-electron chi connectivity index (χ2n) is 4.34. The number of hydrogen-bond donors (Lipinski definition) is 1. The summed E-state index contributed by atoms with van der Waals surface area (Å²) in [5, 5.41) is 9.78. The van der Waals surface area contributed by atoms with Crippen molar-refractivity contribution in [2.75, 3.05) is 6.61 Å². The number of ether oxygens (including phenoxy) is 1. The summed E-state index contributed by atoms with van der Waals surface area (Å²) >= 11 is 0. The Hall–Kier alpha value is -1.42. The van der Waals surface area contributed by atoms with Gasteiger partial charge in [-0.25, -0.2) is 4.39 Å². The summed E-state index contributed by atoms with van der Waals surface area (Å²) in [6, 6.07) is 3.75. The van der Waals surface area contributed by atoms with Crippen LogP contribution in [0.2, 0.25) is 0 Å². The van der Waals surface area contributed by atoms with Crippen LogP contribution < -0.4 is 4.74 Å². The molecule has 1 unspecified atom stereocenters. The normalized spacial score (nSPS) is 14.2. The third-order valence-corrected chi connectivity index (χ3v) is 2.62. The fourth-order valence-corrected chi connectivity index (χ4v) is 1.24. The average molecular weight is 240 g/mol. The average Bonchev–Trinajstić information content (AvgIpc) is 2.26. The summed E-state index contributed by atoms with van der Waals surface area (Å²) in [6.45, 7) is 4.85. The molecule has 0 spiro atoms. The van der Waals surface area contributed by atoms with Gasteiger partial charge in [-0.05, 0) is 32.4 Å². The maximum Gasteiger partial charge on any atom is 0.163 e. The lowest BCUT2D eigenvalue weighted by atomic mass is 10.1. The van der Waals surface area contributed by atoms with Crippen molar-refractivity contribution in [2.24, 2.45) is 0 Å². The van der Waals surface area contributed by atoms with Crippen LogP contribution in [0.25, 0.3) is 0 Å². The first-order chi connectivity index (χ1) is 7.85. The lowest BCUT2D eigenvalue weighted by Crippen LogP contribution is -2.31. The second kappa shape index (κ2) is 5.27. The third kappa shape index (κ3) is 3.82. The van der Waals surface area contributed by atoms with Gasteiger partial charge in [-0.2, -0.15) is 0 Å². The molecule has 0 fully saturated rings. The fraction of sp³-hybridized carbons (Fsp3) is 0.462. The molecule has 0 saturated carbocycles. The van der Waals surface area contributed by atoms with Crippen LogP contribution >= 0.6 is 0 Å². The summed E-state index contributed by atoms with van der Waals surface area (Å²) in [5.74, 6) is -0.497. The van der Waals surface area contributed by atoms with Crippen molar-refractivity contribution in [3.63, 3.8) is 0 Å². The van der Waals surface area contributed by atoms with Crippen LogP contribution in [0.3, 0.4) is 0 Å². The number of carbonyl (C=O) groups is 1. The Labute approximate surface area is 100 Å². The van der Waals surface area contributed by atoms with Gasteiger partial charge in [0.15, 0.2) is 5.78 Å². The molecule has 0 bridgehead atoms. The molecular formula is C13H17FO3. The Morgan fingerprint density at radius 2 is 2.18 bits per heavy atom. The molecule has 1 aromatic rings. The van der Waals surface area contributed by atoms with E-state index in [0.29, 0.717) is 12.0 Å². The van der Waals surface area contributed by atoms with Crippen LogP contribution in [0, 0.1) is 5.82 Å². The SMILES string of the molecule is CCC(C)(O)COc1cc(F)ccc1C(C)=O. The Morgan fingerprint density at radius 3 is 2.71 bits per heavy atom. The summed E-state index contributed by atoms with van der Waals surface area (Å²) in [6.07, 6.45) is 0.512. The van der Waals surface area contributed by atoms with Gasteiger partial charge in [0.2, 0.25) is 0 Å². The van der Waals surface area contributed by atoms with Crippen molar-refractivity contribution in [1.29, 1.82) is 0 Å². The van der Waals surface area contributed by atoms with Gasteiger partial charge in [-0.1, -0.05) is 6.92 Å². The van der Waals surface area contributed by atoms with E-state index in [4.69, 9.17) is 4.74 Å². The minimum Gasteiger partial charge on any atom is -0.490 e. The van der Waals surface area contributed by atoms with Gasteiger partial charge >= 0.3 is 0 Å². The van der Waals surface area contributed by atoms with Crippen molar-refractivity contribution < 1.29 is 19.0 Å². The number of benzene rings is 1. The minimum atomic E-state index is -0.986. The highest BCUT2D eigenvalue weighted by Crippen LogP contribution is 2.22. The number of hydrogen-bond acceptors (Lipinski definition) is 3. The van der Waals surface area contributed by atoms with Crippen molar-refractivity contribution in [2.45, 2.75) is 32.8 Å². The molecular weight excluding hydrogens is 223 g/mol. The molecule has 0 radical (unpaired) electrons. The third-order valence-electron chi connectivity index (χ3n) is 2.62. The zero-order valence-corrected chi connectivity index (χ0v) is 10.3. The first-order valence-corrected chi connectivity index (χ1v) is 5.51. The number of Topliss-reactive ketones (excluding diaryl/α,β-unsaturated/α-hetero) is 1. The molecule has 4 heteroatoms. The number of aliphatic hydroxyl groups is 1. The van der Waals surface area contributed by atoms with Crippen molar-refractivity contribution >= 4 is 5.78 Å². The summed E-state index contributed by atoms with van der Waals surface area (Å²) in [5.41, 5.74) is -0.668. The second-order valence-corrected chi connectivity index (χ2v) is 4.34. The molecule has 0 aliphatic heterocycles. The van der Waals surface area contributed by atoms with E-state index < -0.39 is 11.4 Å². The largest absolute Gasteiger partial charge is 0.490 e. The van der Waals surface area contributed by atoms with Gasteiger partial charge in [-0.15, -0.1) is 0 Å². The topological polar surface area (TPSA) is 46.5 Å². The Kier molecular flexibility index (Phi) is 4.23. The summed E-state index contributed by atoms with van der Waals surface area (Å²) in [7, 11) is 0. The van der Waals surface area contributed by atoms with Gasteiger partial charge in [0, 0.05) is 6.07 Å². The van der Waals surface area contributed by atoms with E-state index in [9.17, 15) is 14.3 Å². The number of halogens is 1. The molecule has 0 aromatic heterocycles. The van der Waals surface area contributed by atoms with Gasteiger partial charge < -0.3 is 9.84 Å². The fourth-order valence-electron chi connectivity index (χ4n) is 1.24. The highest BCUT2D eigenvalue weighted by molar-refractivity contribution is 5.96. The molecule has 0 heterocycles. The first kappa shape index (κ1) is 13.6. The Bertz CT molecular complexity index is 413. The van der Waals surface area contributed by atoms with Crippen molar-refractivity contribution in [3.05, 3.63) is 29.6 Å². The standard InChI is InChI=1S/C13H17FO3/c1-4-13(3,16)8-17-12-7-10(14)5-6-11(12)9(2)15/h5-7,16H,4,8H2,1-3H3. The van der Waals surface area contributed by atoms with Crippen LogP contribution in [0.15, 0.2) is 18.2 Å². The van der Waals surface area contributed by atoms with Gasteiger partial charge in [0.1, 0.15) is 18.2 Å². The van der Waals surface area contributed by atoms with Gasteiger partial charge in [0.25, 0.3) is 0 Å². The minimum absolute atomic E-state index is 0.0211. The maximum atomic E-state index is 13.1. The zero-order valence-electron chi connectivity index (χ0n) is 10.3. The zero-order chi connectivity index (χ0) is 13.1. The van der Waals surface area contributed by atoms with E-state index >= 15 is 0 Å². The molecule has 0 aliphatic rings. The van der Waals surface area contributed by atoms with E-state index in [1.165, 1.54) is 19.1 Å². The lowest BCUT2D eigenvalue weighted by Gasteiger charge is -2.22. The monoisotopic (exact) mass is 240 g/mol. The van der Waals surface area contributed by atoms with Gasteiger partial charge in [-0.3, -0.25) is 4.79 Å². The molecule has 3 nitrogen and oxygen atoms in total. The summed E-state index contributed by atoms with van der Waals surface area (Å²) < 4.78 is 18.4.